The molecule has 2 rings (SSSR count). The number of benzene rings is 2. The van der Waals surface area contributed by atoms with Gasteiger partial charge in [-0.2, -0.15) is 0 Å². The molecule has 0 saturated heterocycles. The first-order chi connectivity index (χ1) is 12.6. The van der Waals surface area contributed by atoms with Crippen LogP contribution in [0.5, 0.6) is 5.75 Å². The molecule has 0 aromatic heterocycles. The second-order valence-electron chi connectivity index (χ2n) is 6.08. The number of nitrogens with one attached hydrogen (secondary N) is 1. The van der Waals surface area contributed by atoms with Crippen LogP contribution in [0.4, 0.5) is 20.2 Å². The fourth-order valence-electron chi connectivity index (χ4n) is 2.31. The van der Waals surface area contributed by atoms with Gasteiger partial charge in [0.15, 0.2) is 0 Å². The molecule has 1 amide bonds. The lowest BCUT2D eigenvalue weighted by Gasteiger charge is -2.25. The summed E-state index contributed by atoms with van der Waals surface area (Å²) in [6.45, 7) is 2.96. The molecule has 0 aliphatic rings. The maximum absolute atomic E-state index is 13.7. The first-order valence-electron chi connectivity index (χ1n) is 8.06. The smallest absolute Gasteiger partial charge is 0.245 e. The van der Waals surface area contributed by atoms with Crippen molar-refractivity contribution in [3.63, 3.8) is 0 Å². The first-order valence-corrected chi connectivity index (χ1v) is 9.91. The van der Waals surface area contributed by atoms with E-state index in [1.165, 1.54) is 6.07 Å². The molecule has 0 atom stereocenters. The molecule has 2 aromatic rings. The monoisotopic (exact) mass is 398 g/mol. The topological polar surface area (TPSA) is 75.7 Å². The van der Waals surface area contributed by atoms with Crippen LogP contribution in [0.15, 0.2) is 42.5 Å². The van der Waals surface area contributed by atoms with Crippen molar-refractivity contribution in [3.05, 3.63) is 54.1 Å². The molecule has 0 aliphatic carbocycles. The molecular weight excluding hydrogens is 378 g/mol. The van der Waals surface area contributed by atoms with E-state index in [-0.39, 0.29) is 17.5 Å². The van der Waals surface area contributed by atoms with Gasteiger partial charge in [0.05, 0.1) is 23.7 Å². The van der Waals surface area contributed by atoms with Crippen molar-refractivity contribution in [2.75, 3.05) is 22.4 Å². The van der Waals surface area contributed by atoms with Crippen molar-refractivity contribution >= 4 is 27.3 Å². The number of amides is 1. The Kier molecular flexibility index (Phi) is 6.37. The molecule has 0 radical (unpaired) electrons. The highest BCUT2D eigenvalue weighted by Crippen LogP contribution is 2.30. The summed E-state index contributed by atoms with van der Waals surface area (Å²) in [5, 5.41) is 2.24. The third-order valence-corrected chi connectivity index (χ3v) is 4.52. The third-order valence-electron chi connectivity index (χ3n) is 3.39. The molecule has 0 bridgehead atoms. The number of ether oxygens (including phenoxy) is 1. The lowest BCUT2D eigenvalue weighted by Crippen LogP contribution is -2.38. The number of rotatable bonds is 7. The minimum absolute atomic E-state index is 0.184. The number of halogens is 2. The van der Waals surface area contributed by atoms with Gasteiger partial charge >= 0.3 is 0 Å². The second-order valence-corrected chi connectivity index (χ2v) is 7.98. The van der Waals surface area contributed by atoms with Crippen LogP contribution in [0, 0.1) is 11.6 Å². The van der Waals surface area contributed by atoms with E-state index in [4.69, 9.17) is 4.74 Å². The number of hydrogen-bond acceptors (Lipinski definition) is 4. The Hall–Kier alpha value is -2.68. The van der Waals surface area contributed by atoms with E-state index in [1.54, 1.807) is 32.0 Å². The number of carbonyl (C=O) groups excluding carboxylic acids is 1. The minimum Gasteiger partial charge on any atom is -0.489 e. The number of hydrogen-bond donors (Lipinski definition) is 1. The highest BCUT2D eigenvalue weighted by Gasteiger charge is 2.24. The number of para-hydroxylation sites is 2. The summed E-state index contributed by atoms with van der Waals surface area (Å²) in [6, 6.07) is 9.04. The zero-order valence-corrected chi connectivity index (χ0v) is 15.9. The highest BCUT2D eigenvalue weighted by atomic mass is 32.2. The van der Waals surface area contributed by atoms with Gasteiger partial charge in [0.1, 0.15) is 23.9 Å². The van der Waals surface area contributed by atoms with Crippen molar-refractivity contribution < 1.29 is 26.7 Å². The van der Waals surface area contributed by atoms with E-state index in [0.717, 1.165) is 22.7 Å². The number of sulfonamides is 1. The quantitative estimate of drug-likeness (QED) is 0.777. The normalized spacial score (nSPS) is 11.3. The molecular formula is C18H20F2N2O4S. The van der Waals surface area contributed by atoms with E-state index in [0.29, 0.717) is 11.8 Å². The maximum atomic E-state index is 13.7. The molecule has 0 saturated carbocycles. The van der Waals surface area contributed by atoms with Gasteiger partial charge < -0.3 is 10.1 Å². The van der Waals surface area contributed by atoms with Gasteiger partial charge in [-0.3, -0.25) is 9.10 Å². The molecule has 146 valence electrons. The van der Waals surface area contributed by atoms with E-state index in [1.807, 2.05) is 0 Å². The number of anilines is 2. The zero-order valence-electron chi connectivity index (χ0n) is 15.1. The Morgan fingerprint density at radius 3 is 2.44 bits per heavy atom. The Morgan fingerprint density at radius 2 is 1.85 bits per heavy atom. The minimum atomic E-state index is -3.84. The van der Waals surface area contributed by atoms with Crippen LogP contribution < -0.4 is 14.4 Å². The maximum Gasteiger partial charge on any atom is 0.245 e. The highest BCUT2D eigenvalue weighted by molar-refractivity contribution is 7.92. The fraction of sp³-hybridized carbons (Fsp3) is 0.278. The van der Waals surface area contributed by atoms with Gasteiger partial charge in [0.2, 0.25) is 15.9 Å². The molecule has 0 fully saturated rings. The summed E-state index contributed by atoms with van der Waals surface area (Å²) in [6.07, 6.45) is 0.736. The van der Waals surface area contributed by atoms with Crippen molar-refractivity contribution in [1.82, 2.24) is 0 Å². The second kappa shape index (κ2) is 8.34. The van der Waals surface area contributed by atoms with Crippen molar-refractivity contribution in [1.29, 1.82) is 0 Å². The van der Waals surface area contributed by atoms with Crippen LogP contribution in [0.25, 0.3) is 0 Å². The summed E-state index contributed by atoms with van der Waals surface area (Å²) < 4.78 is 57.6. The molecule has 0 spiro atoms. The van der Waals surface area contributed by atoms with Crippen molar-refractivity contribution in [2.45, 2.75) is 20.0 Å². The Balaban J connectivity index is 2.29. The molecule has 27 heavy (non-hydrogen) atoms. The van der Waals surface area contributed by atoms with Crippen molar-refractivity contribution in [3.8, 4) is 5.75 Å². The number of carbonyl (C=O) groups is 1. The molecule has 6 nitrogen and oxygen atoms in total. The van der Waals surface area contributed by atoms with Crippen LogP contribution in [-0.2, 0) is 14.8 Å². The van der Waals surface area contributed by atoms with Crippen LogP contribution in [-0.4, -0.2) is 33.2 Å². The molecule has 2 aromatic carbocycles. The van der Waals surface area contributed by atoms with E-state index >= 15 is 0 Å². The Labute approximate surface area is 156 Å². The average Bonchev–Trinajstić information content (AvgIpc) is 2.54. The van der Waals surface area contributed by atoms with Crippen LogP contribution >= 0.6 is 0 Å². The van der Waals surface area contributed by atoms with Gasteiger partial charge in [-0.25, -0.2) is 17.2 Å². The predicted octanol–water partition coefficient (Wildman–Crippen LogP) is 3.16. The van der Waals surface area contributed by atoms with Gasteiger partial charge in [0, 0.05) is 6.07 Å². The van der Waals surface area contributed by atoms with Gasteiger partial charge in [-0.15, -0.1) is 0 Å². The standard InChI is InChI=1S/C18H20F2N2O4S/c1-12(2)26-17-7-5-4-6-16(17)22(27(3,24)25)11-18(23)21-15-9-8-13(19)10-14(15)20/h4-10,12H,11H2,1-3H3,(H,21,23). The van der Waals surface area contributed by atoms with Gasteiger partial charge in [0.25, 0.3) is 0 Å². The van der Waals surface area contributed by atoms with Gasteiger partial charge in [-0.05, 0) is 38.1 Å². The van der Waals surface area contributed by atoms with Crippen molar-refractivity contribution in [2.24, 2.45) is 0 Å². The first kappa shape index (κ1) is 20.6. The lowest BCUT2D eigenvalue weighted by atomic mass is 10.2. The number of nitrogens with zero attached hydrogens (tertiary/aromatic N) is 1. The molecule has 0 aliphatic heterocycles. The van der Waals surface area contributed by atoms with Crippen LogP contribution in [0.1, 0.15) is 13.8 Å². The molecule has 0 unspecified atom stereocenters. The summed E-state index contributed by atoms with van der Waals surface area (Å²) in [5.74, 6) is -2.25. The Bertz CT molecular complexity index is 933. The predicted molar refractivity (Wildman–Crippen MR) is 99.4 cm³/mol. The van der Waals surface area contributed by atoms with Gasteiger partial charge in [-0.1, -0.05) is 12.1 Å². The summed E-state index contributed by atoms with van der Waals surface area (Å²) in [7, 11) is -3.84. The summed E-state index contributed by atoms with van der Waals surface area (Å²) in [4.78, 5) is 12.3. The van der Waals surface area contributed by atoms with Crippen LogP contribution in [0.2, 0.25) is 0 Å². The molecule has 9 heteroatoms. The Morgan fingerprint density at radius 1 is 1.19 bits per heavy atom. The molecule has 0 heterocycles. The third kappa shape index (κ3) is 5.65. The zero-order chi connectivity index (χ0) is 20.2. The SMILES string of the molecule is CC(C)Oc1ccccc1N(CC(=O)Nc1ccc(F)cc1F)S(C)(=O)=O. The average molecular weight is 398 g/mol. The van der Waals surface area contributed by atoms with Crippen LogP contribution in [0.3, 0.4) is 0 Å². The summed E-state index contributed by atoms with van der Waals surface area (Å²) >= 11 is 0. The molecule has 1 N–H and O–H groups in total. The summed E-state index contributed by atoms with van der Waals surface area (Å²) in [5.41, 5.74) is -0.0648. The lowest BCUT2D eigenvalue weighted by molar-refractivity contribution is -0.114. The van der Waals surface area contributed by atoms with E-state index in [9.17, 15) is 22.0 Å². The largest absolute Gasteiger partial charge is 0.489 e. The fourth-order valence-corrected chi connectivity index (χ4v) is 3.17. The van der Waals surface area contributed by atoms with E-state index in [2.05, 4.69) is 5.32 Å². The van der Waals surface area contributed by atoms with E-state index < -0.39 is 34.1 Å².